The maximum absolute atomic E-state index is 13.3. The topological polar surface area (TPSA) is 58.0 Å². The molecule has 1 saturated carbocycles. The van der Waals surface area contributed by atoms with Crippen molar-refractivity contribution in [2.75, 3.05) is 0 Å². The molecule has 136 valence electrons. The number of H-pyrrole nitrogens is 1. The van der Waals surface area contributed by atoms with E-state index in [-0.39, 0.29) is 29.6 Å². The number of carbonyl (C=O) groups is 1. The standard InChI is InChI=1S/C22H19FN2O2/c1-12(21-9-13-8-14(23)6-7-20(13)27-21)25-22(26)17-10-16(17)18-11-24-19-5-3-2-4-15(18)19/h2-9,11-12,16-17,24H,10H2,1H3,(H,25,26)/t12-,16?,17?/m1/s1. The Morgan fingerprint density at radius 3 is 3.00 bits per heavy atom. The van der Waals surface area contributed by atoms with Gasteiger partial charge in [0.25, 0.3) is 0 Å². The Hall–Kier alpha value is -3.08. The van der Waals surface area contributed by atoms with E-state index >= 15 is 0 Å². The Bertz CT molecular complexity index is 1160. The van der Waals surface area contributed by atoms with Crippen LogP contribution in [0.1, 0.15) is 36.6 Å². The highest BCUT2D eigenvalue weighted by Gasteiger charge is 2.45. The molecule has 5 heteroatoms. The molecule has 4 nitrogen and oxygen atoms in total. The third-order valence-corrected chi connectivity index (χ3v) is 5.43. The first kappa shape index (κ1) is 16.1. The van der Waals surface area contributed by atoms with Crippen LogP contribution in [0.15, 0.2) is 59.1 Å². The van der Waals surface area contributed by atoms with Crippen molar-refractivity contribution in [3.63, 3.8) is 0 Å². The summed E-state index contributed by atoms with van der Waals surface area (Å²) in [6.45, 7) is 1.88. The zero-order valence-electron chi connectivity index (χ0n) is 14.8. The number of aromatic nitrogens is 1. The molecule has 0 saturated heterocycles. The average molecular weight is 362 g/mol. The van der Waals surface area contributed by atoms with Crippen LogP contribution >= 0.6 is 0 Å². The summed E-state index contributed by atoms with van der Waals surface area (Å²) < 4.78 is 19.1. The van der Waals surface area contributed by atoms with E-state index in [4.69, 9.17) is 4.42 Å². The van der Waals surface area contributed by atoms with Crippen molar-refractivity contribution in [3.8, 4) is 0 Å². The normalized spacial score (nSPS) is 20.1. The molecule has 1 amide bonds. The number of hydrogen-bond acceptors (Lipinski definition) is 2. The van der Waals surface area contributed by atoms with Gasteiger partial charge >= 0.3 is 0 Å². The molecule has 2 aromatic heterocycles. The van der Waals surface area contributed by atoms with Crippen LogP contribution in [0.3, 0.4) is 0 Å². The van der Waals surface area contributed by atoms with Crippen molar-refractivity contribution < 1.29 is 13.6 Å². The number of benzene rings is 2. The Labute approximate surface area is 155 Å². The van der Waals surface area contributed by atoms with E-state index in [0.29, 0.717) is 16.7 Å². The van der Waals surface area contributed by atoms with Gasteiger partial charge in [0.1, 0.15) is 17.2 Å². The molecule has 4 aromatic rings. The van der Waals surface area contributed by atoms with Crippen molar-refractivity contribution in [1.29, 1.82) is 0 Å². The highest BCUT2D eigenvalue weighted by atomic mass is 19.1. The molecule has 1 aliphatic rings. The van der Waals surface area contributed by atoms with Crippen LogP contribution in [-0.2, 0) is 4.79 Å². The minimum atomic E-state index is -0.300. The first-order chi connectivity index (χ1) is 13.1. The minimum Gasteiger partial charge on any atom is -0.459 e. The van der Waals surface area contributed by atoms with Crippen molar-refractivity contribution >= 4 is 27.8 Å². The Kier molecular flexibility index (Phi) is 3.57. The van der Waals surface area contributed by atoms with E-state index in [1.54, 1.807) is 12.1 Å². The van der Waals surface area contributed by atoms with Crippen LogP contribution in [-0.4, -0.2) is 10.9 Å². The zero-order chi connectivity index (χ0) is 18.5. The number of furan rings is 1. The van der Waals surface area contributed by atoms with E-state index in [9.17, 15) is 9.18 Å². The SMILES string of the molecule is C[C@@H](NC(=O)C1CC1c1c[nH]c2ccccc12)c1cc2cc(F)ccc2o1. The summed E-state index contributed by atoms with van der Waals surface area (Å²) in [5.74, 6) is 0.593. The lowest BCUT2D eigenvalue weighted by Gasteiger charge is -2.11. The average Bonchev–Trinajstić information content (AvgIpc) is 3.16. The Morgan fingerprint density at radius 1 is 1.26 bits per heavy atom. The fourth-order valence-electron chi connectivity index (χ4n) is 3.87. The molecule has 0 radical (unpaired) electrons. The molecule has 0 aliphatic heterocycles. The van der Waals surface area contributed by atoms with Crippen LogP contribution in [0.25, 0.3) is 21.9 Å². The number of hydrogen-bond donors (Lipinski definition) is 2. The number of rotatable bonds is 4. The second-order valence-corrected chi connectivity index (χ2v) is 7.30. The maximum atomic E-state index is 13.3. The molecule has 27 heavy (non-hydrogen) atoms. The molecule has 2 heterocycles. The first-order valence-electron chi connectivity index (χ1n) is 9.15. The summed E-state index contributed by atoms with van der Waals surface area (Å²) in [5.41, 5.74) is 2.93. The van der Waals surface area contributed by atoms with Gasteiger partial charge in [-0.25, -0.2) is 4.39 Å². The predicted octanol–water partition coefficient (Wildman–Crippen LogP) is 5.03. The lowest BCUT2D eigenvalue weighted by atomic mass is 10.1. The number of halogens is 1. The molecular weight excluding hydrogens is 343 g/mol. The molecule has 0 spiro atoms. The number of aromatic amines is 1. The first-order valence-corrected chi connectivity index (χ1v) is 9.15. The fourth-order valence-corrected chi connectivity index (χ4v) is 3.87. The van der Waals surface area contributed by atoms with Crippen molar-refractivity contribution in [1.82, 2.24) is 10.3 Å². The van der Waals surface area contributed by atoms with Gasteiger partial charge in [-0.2, -0.15) is 0 Å². The van der Waals surface area contributed by atoms with E-state index in [2.05, 4.69) is 16.4 Å². The van der Waals surface area contributed by atoms with Gasteiger partial charge in [-0.1, -0.05) is 18.2 Å². The molecule has 3 atom stereocenters. The van der Waals surface area contributed by atoms with E-state index in [1.165, 1.54) is 23.1 Å². The van der Waals surface area contributed by atoms with Gasteiger partial charge in [0, 0.05) is 28.4 Å². The molecule has 0 bridgehead atoms. The van der Waals surface area contributed by atoms with Gasteiger partial charge in [-0.3, -0.25) is 4.79 Å². The van der Waals surface area contributed by atoms with Crippen LogP contribution < -0.4 is 5.32 Å². The summed E-state index contributed by atoms with van der Waals surface area (Å²) in [5, 5.41) is 4.93. The molecular formula is C22H19FN2O2. The van der Waals surface area contributed by atoms with Gasteiger partial charge in [0.15, 0.2) is 0 Å². The predicted molar refractivity (Wildman–Crippen MR) is 102 cm³/mol. The summed E-state index contributed by atoms with van der Waals surface area (Å²) in [7, 11) is 0. The van der Waals surface area contributed by atoms with E-state index in [1.807, 2.05) is 31.3 Å². The number of fused-ring (bicyclic) bond motifs is 2. The Balaban J connectivity index is 1.30. The van der Waals surface area contributed by atoms with Crippen molar-refractivity contribution in [3.05, 3.63) is 71.9 Å². The third-order valence-electron chi connectivity index (χ3n) is 5.43. The van der Waals surface area contributed by atoms with Crippen molar-refractivity contribution in [2.24, 2.45) is 5.92 Å². The van der Waals surface area contributed by atoms with Crippen LogP contribution in [0.4, 0.5) is 4.39 Å². The molecule has 2 aromatic carbocycles. The minimum absolute atomic E-state index is 0.0199. The quantitative estimate of drug-likeness (QED) is 0.535. The van der Waals surface area contributed by atoms with Gasteiger partial charge in [0.2, 0.25) is 5.91 Å². The summed E-state index contributed by atoms with van der Waals surface area (Å²) in [6.07, 6.45) is 2.87. The number of para-hydroxylation sites is 1. The monoisotopic (exact) mass is 362 g/mol. The molecule has 2 N–H and O–H groups in total. The van der Waals surface area contributed by atoms with Gasteiger partial charge < -0.3 is 14.7 Å². The maximum Gasteiger partial charge on any atom is 0.224 e. The number of carbonyl (C=O) groups excluding carboxylic acids is 1. The number of amides is 1. The van der Waals surface area contributed by atoms with Crippen molar-refractivity contribution in [2.45, 2.75) is 25.3 Å². The summed E-state index contributed by atoms with van der Waals surface area (Å²) >= 11 is 0. The Morgan fingerprint density at radius 2 is 2.11 bits per heavy atom. The van der Waals surface area contributed by atoms with Crippen LogP contribution in [0.5, 0.6) is 0 Å². The van der Waals surface area contributed by atoms with Gasteiger partial charge in [0.05, 0.1) is 6.04 Å². The zero-order valence-corrected chi connectivity index (χ0v) is 14.8. The van der Waals surface area contributed by atoms with Crippen LogP contribution in [0.2, 0.25) is 0 Å². The van der Waals surface area contributed by atoms with Crippen LogP contribution in [0, 0.1) is 11.7 Å². The lowest BCUT2D eigenvalue weighted by molar-refractivity contribution is -0.123. The number of nitrogens with one attached hydrogen (secondary N) is 2. The fraction of sp³-hybridized carbons (Fsp3) is 0.227. The summed E-state index contributed by atoms with van der Waals surface area (Å²) in [6, 6.07) is 14.1. The van der Waals surface area contributed by atoms with E-state index in [0.717, 1.165) is 11.9 Å². The highest BCUT2D eigenvalue weighted by molar-refractivity contribution is 5.88. The van der Waals surface area contributed by atoms with Gasteiger partial charge in [-0.05, 0) is 55.2 Å². The molecule has 5 rings (SSSR count). The second-order valence-electron chi connectivity index (χ2n) is 7.30. The highest BCUT2D eigenvalue weighted by Crippen LogP contribution is 2.49. The smallest absolute Gasteiger partial charge is 0.224 e. The largest absolute Gasteiger partial charge is 0.459 e. The molecule has 2 unspecified atom stereocenters. The second kappa shape index (κ2) is 5.98. The summed E-state index contributed by atoms with van der Waals surface area (Å²) in [4.78, 5) is 16.0. The lowest BCUT2D eigenvalue weighted by Crippen LogP contribution is -2.28. The van der Waals surface area contributed by atoms with Gasteiger partial charge in [-0.15, -0.1) is 0 Å². The molecule has 1 aliphatic carbocycles. The van der Waals surface area contributed by atoms with E-state index < -0.39 is 0 Å². The third kappa shape index (κ3) is 2.79. The molecule has 1 fully saturated rings.